The molecular weight excluding hydrogens is 322 g/mol. The van der Waals surface area contributed by atoms with E-state index in [1.807, 2.05) is 0 Å². The molecule has 0 radical (unpaired) electrons. The second-order valence-corrected chi connectivity index (χ2v) is 8.83. The molecule has 0 spiro atoms. The van der Waals surface area contributed by atoms with Crippen LogP contribution in [0.3, 0.4) is 0 Å². The molecule has 2 aliphatic rings. The monoisotopic (exact) mass is 353 g/mol. The van der Waals surface area contributed by atoms with Gasteiger partial charge in [0.2, 0.25) is 0 Å². The molecule has 0 bridgehead atoms. The topological polar surface area (TPSA) is 39.9 Å². The molecule has 3 atom stereocenters. The van der Waals surface area contributed by atoms with Gasteiger partial charge in [0.15, 0.2) is 0 Å². The lowest BCUT2D eigenvalue weighted by atomic mass is 9.71. The number of ether oxygens (including phenoxy) is 1. The van der Waals surface area contributed by atoms with Crippen LogP contribution in [0.25, 0.3) is 11.3 Å². The Hall–Kier alpha value is -1.68. The van der Waals surface area contributed by atoms with Gasteiger partial charge in [-0.05, 0) is 58.4 Å². The van der Waals surface area contributed by atoms with Crippen LogP contribution in [-0.4, -0.2) is 20.6 Å². The molecule has 0 N–H and O–H groups in total. The van der Waals surface area contributed by atoms with Gasteiger partial charge in [-0.2, -0.15) is 0 Å². The molecule has 0 amide bonds. The van der Waals surface area contributed by atoms with Gasteiger partial charge in [-0.25, -0.2) is 4.68 Å². The Balaban J connectivity index is 1.90. The maximum Gasteiger partial charge on any atom is 0.0940 e. The molecule has 2 aromatic rings. The van der Waals surface area contributed by atoms with Crippen LogP contribution in [0.2, 0.25) is 0 Å². The van der Waals surface area contributed by atoms with E-state index >= 15 is 0 Å². The molecule has 0 aliphatic heterocycles. The Morgan fingerprint density at radius 1 is 1.15 bits per heavy atom. The first kappa shape index (κ1) is 17.7. The fourth-order valence-corrected chi connectivity index (χ4v) is 4.86. The van der Waals surface area contributed by atoms with Crippen molar-refractivity contribution < 1.29 is 4.74 Å². The SMILES string of the molecule is CCn1nnc2c1-c1ccccc1C(OC(C)(C)C)CC1CCCCC21. The lowest BCUT2D eigenvalue weighted by molar-refractivity contribution is -0.0742. The normalized spacial score (nSPS) is 25.6. The highest BCUT2D eigenvalue weighted by Gasteiger charge is 2.38. The van der Waals surface area contributed by atoms with Crippen molar-refractivity contribution in [2.45, 2.75) is 84.0 Å². The molecular formula is C22H31N3O. The summed E-state index contributed by atoms with van der Waals surface area (Å²) in [6.45, 7) is 9.48. The van der Waals surface area contributed by atoms with Crippen molar-refractivity contribution in [1.29, 1.82) is 0 Å². The molecule has 1 saturated carbocycles. The zero-order valence-electron chi connectivity index (χ0n) is 16.5. The Bertz CT molecular complexity index is 774. The van der Waals surface area contributed by atoms with Crippen molar-refractivity contribution in [3.05, 3.63) is 35.5 Å². The van der Waals surface area contributed by atoms with Crippen molar-refractivity contribution >= 4 is 0 Å². The fraction of sp³-hybridized carbons (Fsp3) is 0.636. The first-order valence-corrected chi connectivity index (χ1v) is 10.2. The summed E-state index contributed by atoms with van der Waals surface area (Å²) in [6.07, 6.45) is 6.33. The Morgan fingerprint density at radius 3 is 2.69 bits per heavy atom. The van der Waals surface area contributed by atoms with Gasteiger partial charge in [-0.1, -0.05) is 42.3 Å². The molecule has 3 unspecified atom stereocenters. The first-order valence-electron chi connectivity index (χ1n) is 10.2. The van der Waals surface area contributed by atoms with E-state index in [9.17, 15) is 0 Å². The predicted octanol–water partition coefficient (Wildman–Crippen LogP) is 5.50. The van der Waals surface area contributed by atoms with Gasteiger partial charge in [0.1, 0.15) is 0 Å². The van der Waals surface area contributed by atoms with Gasteiger partial charge in [-0.15, -0.1) is 5.10 Å². The minimum absolute atomic E-state index is 0.130. The summed E-state index contributed by atoms with van der Waals surface area (Å²) >= 11 is 0. The third-order valence-electron chi connectivity index (χ3n) is 5.90. The van der Waals surface area contributed by atoms with Crippen molar-refractivity contribution in [1.82, 2.24) is 15.0 Å². The maximum absolute atomic E-state index is 6.60. The van der Waals surface area contributed by atoms with Crippen molar-refractivity contribution in [3.63, 3.8) is 0 Å². The van der Waals surface area contributed by atoms with Gasteiger partial charge in [-0.3, -0.25) is 0 Å². The average molecular weight is 354 g/mol. The number of aryl methyl sites for hydroxylation is 1. The summed E-state index contributed by atoms with van der Waals surface area (Å²) in [6, 6.07) is 8.73. The number of hydrogen-bond donors (Lipinski definition) is 0. The summed E-state index contributed by atoms with van der Waals surface area (Å²) in [5, 5.41) is 9.20. The third-order valence-corrected chi connectivity index (χ3v) is 5.90. The number of benzene rings is 1. The Kier molecular flexibility index (Phi) is 4.64. The van der Waals surface area contributed by atoms with Crippen LogP contribution in [0.1, 0.15) is 83.1 Å². The highest BCUT2D eigenvalue weighted by atomic mass is 16.5. The molecule has 1 fully saturated rings. The lowest BCUT2D eigenvalue weighted by Crippen LogP contribution is -2.29. The van der Waals surface area contributed by atoms with E-state index in [-0.39, 0.29) is 11.7 Å². The number of hydrogen-bond acceptors (Lipinski definition) is 3. The smallest absolute Gasteiger partial charge is 0.0940 e. The average Bonchev–Trinajstić information content (AvgIpc) is 3.03. The summed E-state index contributed by atoms with van der Waals surface area (Å²) in [5.74, 6) is 1.14. The predicted molar refractivity (Wildman–Crippen MR) is 104 cm³/mol. The van der Waals surface area contributed by atoms with E-state index in [4.69, 9.17) is 4.74 Å². The van der Waals surface area contributed by atoms with E-state index in [2.05, 4.69) is 67.0 Å². The molecule has 4 heteroatoms. The fourth-order valence-electron chi connectivity index (χ4n) is 4.86. The van der Waals surface area contributed by atoms with Gasteiger partial charge in [0.25, 0.3) is 0 Å². The largest absolute Gasteiger partial charge is 0.368 e. The Labute approximate surface area is 156 Å². The highest BCUT2D eigenvalue weighted by Crippen LogP contribution is 2.49. The van der Waals surface area contributed by atoms with Crippen LogP contribution < -0.4 is 0 Å². The van der Waals surface area contributed by atoms with E-state index in [1.54, 1.807) is 0 Å². The molecule has 1 heterocycles. The van der Waals surface area contributed by atoms with Crippen molar-refractivity contribution in [2.75, 3.05) is 0 Å². The van der Waals surface area contributed by atoms with Crippen LogP contribution >= 0.6 is 0 Å². The van der Waals surface area contributed by atoms with Gasteiger partial charge in [0.05, 0.1) is 23.1 Å². The molecule has 4 nitrogen and oxygen atoms in total. The number of rotatable bonds is 2. The second-order valence-electron chi connectivity index (χ2n) is 8.83. The van der Waals surface area contributed by atoms with Crippen molar-refractivity contribution in [2.24, 2.45) is 5.92 Å². The first-order chi connectivity index (χ1) is 12.5. The van der Waals surface area contributed by atoms with Gasteiger partial charge >= 0.3 is 0 Å². The molecule has 1 aromatic carbocycles. The van der Waals surface area contributed by atoms with Gasteiger partial charge in [0, 0.05) is 18.0 Å². The summed E-state index contributed by atoms with van der Waals surface area (Å²) in [4.78, 5) is 0. The number of aromatic nitrogens is 3. The summed E-state index contributed by atoms with van der Waals surface area (Å²) in [7, 11) is 0. The minimum atomic E-state index is -0.160. The van der Waals surface area contributed by atoms with Crippen LogP contribution in [0, 0.1) is 5.92 Å². The van der Waals surface area contributed by atoms with Crippen molar-refractivity contribution in [3.8, 4) is 11.3 Å². The van der Waals surface area contributed by atoms with Gasteiger partial charge < -0.3 is 4.74 Å². The summed E-state index contributed by atoms with van der Waals surface area (Å²) in [5.41, 5.74) is 4.84. The number of fused-ring (bicyclic) bond motifs is 5. The van der Waals surface area contributed by atoms with E-state index in [1.165, 1.54) is 48.2 Å². The number of nitrogens with zero attached hydrogens (tertiary/aromatic N) is 3. The molecule has 26 heavy (non-hydrogen) atoms. The molecule has 0 saturated heterocycles. The van der Waals surface area contributed by atoms with E-state index in [0.717, 1.165) is 13.0 Å². The van der Waals surface area contributed by atoms with Crippen LogP contribution in [-0.2, 0) is 11.3 Å². The minimum Gasteiger partial charge on any atom is -0.368 e. The molecule has 4 rings (SSSR count). The zero-order valence-corrected chi connectivity index (χ0v) is 16.5. The zero-order chi connectivity index (χ0) is 18.3. The molecule has 1 aromatic heterocycles. The second kappa shape index (κ2) is 6.80. The van der Waals surface area contributed by atoms with Crippen LogP contribution in [0.4, 0.5) is 0 Å². The van der Waals surface area contributed by atoms with Crippen LogP contribution in [0.5, 0.6) is 0 Å². The molecule has 2 aliphatic carbocycles. The summed E-state index contributed by atoms with van der Waals surface area (Å²) < 4.78 is 8.69. The standard InChI is InChI=1S/C22H31N3O/c1-5-25-21-18-13-9-8-12-17(18)19(26-22(2,3)4)14-15-10-6-7-11-16(15)20(21)23-24-25/h8-9,12-13,15-16,19H,5-7,10-11,14H2,1-4H3. The lowest BCUT2D eigenvalue weighted by Gasteiger charge is -2.38. The maximum atomic E-state index is 6.60. The quantitative estimate of drug-likeness (QED) is 0.716. The Morgan fingerprint density at radius 2 is 1.92 bits per heavy atom. The van der Waals surface area contributed by atoms with E-state index < -0.39 is 0 Å². The van der Waals surface area contributed by atoms with E-state index in [0.29, 0.717) is 11.8 Å². The molecule has 140 valence electrons. The third kappa shape index (κ3) is 3.20. The highest BCUT2D eigenvalue weighted by molar-refractivity contribution is 5.68. The van der Waals surface area contributed by atoms with Crippen LogP contribution in [0.15, 0.2) is 24.3 Å².